The van der Waals surface area contributed by atoms with Crippen LogP contribution in [0.15, 0.2) is 42.5 Å². The molecule has 1 saturated heterocycles. The number of fused-ring (bicyclic) bond motifs is 2. The van der Waals surface area contributed by atoms with Crippen LogP contribution in [0.4, 0.5) is 5.69 Å². The number of likely N-dealkylation sites (tertiary alicyclic amines) is 1. The van der Waals surface area contributed by atoms with Crippen LogP contribution in [0.25, 0.3) is 21.8 Å². The number of nitrogens with zero attached hydrogens (tertiary/aromatic N) is 3. The molecule has 0 atom stereocenters. The third-order valence-corrected chi connectivity index (χ3v) is 5.62. The number of aromatic nitrogens is 1. The monoisotopic (exact) mass is 317 g/mol. The first kappa shape index (κ1) is 14.2. The molecule has 24 heavy (non-hydrogen) atoms. The number of para-hydroxylation sites is 1. The second kappa shape index (κ2) is 5.75. The minimum atomic E-state index is 1.02. The lowest BCUT2D eigenvalue weighted by atomic mass is 10.0. The molecular weight excluding hydrogens is 294 g/mol. The molecule has 1 fully saturated rings. The van der Waals surface area contributed by atoms with E-state index in [2.05, 4.69) is 52.3 Å². The second-order valence-electron chi connectivity index (χ2n) is 7.10. The van der Waals surface area contributed by atoms with Gasteiger partial charge in [0.15, 0.2) is 0 Å². The van der Waals surface area contributed by atoms with Crippen LogP contribution in [0, 0.1) is 0 Å². The topological polar surface area (TPSA) is 19.4 Å². The van der Waals surface area contributed by atoms with Gasteiger partial charge in [0, 0.05) is 36.1 Å². The average molecular weight is 317 g/mol. The van der Waals surface area contributed by atoms with Gasteiger partial charge in [-0.1, -0.05) is 30.7 Å². The Balaban J connectivity index is 1.50. The molecular formula is C21H23N3. The van der Waals surface area contributed by atoms with Gasteiger partial charge in [-0.2, -0.15) is 0 Å². The van der Waals surface area contributed by atoms with Crippen molar-refractivity contribution in [1.82, 2.24) is 9.88 Å². The predicted molar refractivity (Wildman–Crippen MR) is 101 cm³/mol. The number of benzene rings is 2. The standard InChI is InChI=1S/C21H23N3/c1-4-11-23(12-5-1)13-14-24-15-17-16-7-2-3-8-18(16)22-19-9-6-10-20(24)21(17)19/h2-3,6-10H,1,4-5,11-15H2. The highest BCUT2D eigenvalue weighted by Crippen LogP contribution is 2.39. The van der Waals surface area contributed by atoms with Crippen molar-refractivity contribution in [1.29, 1.82) is 0 Å². The summed E-state index contributed by atoms with van der Waals surface area (Å²) in [6.07, 6.45) is 4.14. The Morgan fingerprint density at radius 1 is 0.833 bits per heavy atom. The minimum absolute atomic E-state index is 1.02. The van der Waals surface area contributed by atoms with Gasteiger partial charge in [0.25, 0.3) is 0 Å². The summed E-state index contributed by atoms with van der Waals surface area (Å²) in [4.78, 5) is 10.1. The highest BCUT2D eigenvalue weighted by molar-refractivity contribution is 6.06. The summed E-state index contributed by atoms with van der Waals surface area (Å²) in [7, 11) is 0. The van der Waals surface area contributed by atoms with Crippen molar-refractivity contribution < 1.29 is 0 Å². The fourth-order valence-electron chi connectivity index (χ4n) is 4.37. The molecule has 0 spiro atoms. The number of hydrogen-bond donors (Lipinski definition) is 0. The Labute approximate surface area is 142 Å². The molecule has 0 amide bonds. The first-order valence-corrected chi connectivity index (χ1v) is 9.18. The van der Waals surface area contributed by atoms with E-state index in [9.17, 15) is 0 Å². The molecule has 0 unspecified atom stereocenters. The Morgan fingerprint density at radius 3 is 2.58 bits per heavy atom. The summed E-state index contributed by atoms with van der Waals surface area (Å²) in [6.45, 7) is 5.86. The summed E-state index contributed by atoms with van der Waals surface area (Å²) in [5.74, 6) is 0. The molecule has 2 aromatic carbocycles. The molecule has 3 heteroatoms. The van der Waals surface area contributed by atoms with Gasteiger partial charge in [-0.3, -0.25) is 0 Å². The van der Waals surface area contributed by atoms with E-state index in [1.54, 1.807) is 0 Å². The predicted octanol–water partition coefficient (Wildman–Crippen LogP) is 4.19. The molecule has 2 aliphatic rings. The third kappa shape index (κ3) is 2.27. The fraction of sp³-hybridized carbons (Fsp3) is 0.381. The summed E-state index contributed by atoms with van der Waals surface area (Å²) >= 11 is 0. The van der Waals surface area contributed by atoms with Crippen LogP contribution in [0.5, 0.6) is 0 Å². The number of pyridine rings is 1. The third-order valence-electron chi connectivity index (χ3n) is 5.62. The fourth-order valence-corrected chi connectivity index (χ4v) is 4.37. The Hall–Kier alpha value is -2.13. The molecule has 0 saturated carbocycles. The van der Waals surface area contributed by atoms with Crippen LogP contribution in [-0.2, 0) is 6.54 Å². The zero-order chi connectivity index (χ0) is 15.9. The summed E-state index contributed by atoms with van der Waals surface area (Å²) in [5, 5.41) is 2.69. The van der Waals surface area contributed by atoms with E-state index >= 15 is 0 Å². The van der Waals surface area contributed by atoms with Crippen molar-refractivity contribution in [3.05, 3.63) is 48.0 Å². The van der Waals surface area contributed by atoms with Crippen LogP contribution in [0.1, 0.15) is 24.8 Å². The van der Waals surface area contributed by atoms with Gasteiger partial charge in [0.05, 0.1) is 11.0 Å². The Bertz CT molecular complexity index is 896. The van der Waals surface area contributed by atoms with Gasteiger partial charge < -0.3 is 9.80 Å². The van der Waals surface area contributed by atoms with Crippen molar-refractivity contribution in [2.75, 3.05) is 31.1 Å². The lowest BCUT2D eigenvalue weighted by molar-refractivity contribution is 0.233. The van der Waals surface area contributed by atoms with Gasteiger partial charge in [-0.05, 0) is 49.7 Å². The molecule has 0 radical (unpaired) electrons. The summed E-state index contributed by atoms with van der Waals surface area (Å²) in [5.41, 5.74) is 5.10. The zero-order valence-electron chi connectivity index (χ0n) is 14.0. The maximum absolute atomic E-state index is 4.89. The molecule has 0 bridgehead atoms. The zero-order valence-corrected chi connectivity index (χ0v) is 14.0. The second-order valence-corrected chi connectivity index (χ2v) is 7.10. The van der Waals surface area contributed by atoms with E-state index in [1.807, 2.05) is 0 Å². The lowest BCUT2D eigenvalue weighted by Gasteiger charge is -2.29. The maximum atomic E-state index is 4.89. The minimum Gasteiger partial charge on any atom is -0.365 e. The van der Waals surface area contributed by atoms with Crippen molar-refractivity contribution in [2.24, 2.45) is 0 Å². The van der Waals surface area contributed by atoms with E-state index in [1.165, 1.54) is 60.9 Å². The molecule has 3 heterocycles. The number of piperidine rings is 1. The van der Waals surface area contributed by atoms with Crippen LogP contribution in [0.3, 0.4) is 0 Å². The molecule has 1 aromatic heterocycles. The first-order valence-electron chi connectivity index (χ1n) is 9.18. The lowest BCUT2D eigenvalue weighted by Crippen LogP contribution is -2.36. The van der Waals surface area contributed by atoms with Gasteiger partial charge in [-0.25, -0.2) is 4.98 Å². The SMILES string of the molecule is c1ccc2c3c4c(cccc4nc2c1)N(CCN1CCCCC1)C3. The number of hydrogen-bond acceptors (Lipinski definition) is 3. The Kier molecular flexibility index (Phi) is 3.41. The molecule has 0 N–H and O–H groups in total. The molecule has 5 rings (SSSR count). The van der Waals surface area contributed by atoms with Gasteiger partial charge in [0.1, 0.15) is 0 Å². The number of rotatable bonds is 3. The molecule has 0 aliphatic carbocycles. The highest BCUT2D eigenvalue weighted by Gasteiger charge is 2.24. The van der Waals surface area contributed by atoms with Crippen LogP contribution in [0.2, 0.25) is 0 Å². The Morgan fingerprint density at radius 2 is 1.67 bits per heavy atom. The highest BCUT2D eigenvalue weighted by atomic mass is 15.2. The maximum Gasteiger partial charge on any atom is 0.0734 e. The van der Waals surface area contributed by atoms with Crippen molar-refractivity contribution in [3.63, 3.8) is 0 Å². The van der Waals surface area contributed by atoms with Crippen molar-refractivity contribution in [2.45, 2.75) is 25.8 Å². The quantitative estimate of drug-likeness (QED) is 0.675. The van der Waals surface area contributed by atoms with Gasteiger partial charge >= 0.3 is 0 Å². The van der Waals surface area contributed by atoms with E-state index in [-0.39, 0.29) is 0 Å². The van der Waals surface area contributed by atoms with E-state index < -0.39 is 0 Å². The largest absolute Gasteiger partial charge is 0.365 e. The van der Waals surface area contributed by atoms with E-state index in [0.717, 1.165) is 24.1 Å². The van der Waals surface area contributed by atoms with Gasteiger partial charge in [0.2, 0.25) is 0 Å². The van der Waals surface area contributed by atoms with Crippen LogP contribution in [-0.4, -0.2) is 36.1 Å². The molecule has 3 aromatic rings. The number of anilines is 1. The average Bonchev–Trinajstić information content (AvgIpc) is 3.02. The summed E-state index contributed by atoms with van der Waals surface area (Å²) in [6, 6.07) is 15.2. The summed E-state index contributed by atoms with van der Waals surface area (Å²) < 4.78 is 0. The van der Waals surface area contributed by atoms with Crippen molar-refractivity contribution >= 4 is 27.5 Å². The van der Waals surface area contributed by atoms with E-state index in [0.29, 0.717) is 0 Å². The van der Waals surface area contributed by atoms with Gasteiger partial charge in [-0.15, -0.1) is 0 Å². The van der Waals surface area contributed by atoms with Crippen LogP contribution < -0.4 is 4.90 Å². The first-order chi connectivity index (χ1) is 11.9. The smallest absolute Gasteiger partial charge is 0.0734 e. The van der Waals surface area contributed by atoms with Crippen molar-refractivity contribution in [3.8, 4) is 0 Å². The van der Waals surface area contributed by atoms with E-state index in [4.69, 9.17) is 4.98 Å². The van der Waals surface area contributed by atoms with Crippen LogP contribution >= 0.6 is 0 Å². The molecule has 3 nitrogen and oxygen atoms in total. The molecule has 2 aliphatic heterocycles. The normalized spacial score (nSPS) is 17.9. The molecule has 122 valence electrons.